The molecule has 2 rings (SSSR count). The van der Waals surface area contributed by atoms with Gasteiger partial charge in [-0.2, -0.15) is 4.98 Å². The second-order valence-corrected chi connectivity index (χ2v) is 3.39. The summed E-state index contributed by atoms with van der Waals surface area (Å²) in [6.45, 7) is 2.68. The normalized spacial score (nSPS) is 12.9. The van der Waals surface area contributed by atoms with Crippen LogP contribution in [0.5, 0.6) is 0 Å². The van der Waals surface area contributed by atoms with Crippen molar-refractivity contribution in [3.8, 4) is 0 Å². The number of nitrogens with two attached hydrogens (primary N) is 1. The van der Waals surface area contributed by atoms with Crippen LogP contribution in [0.4, 0.5) is 0 Å². The second-order valence-electron chi connectivity index (χ2n) is 3.39. The Bertz CT molecular complexity index is 406. The molecule has 0 aliphatic rings. The lowest BCUT2D eigenvalue weighted by Gasteiger charge is -2.08. The summed E-state index contributed by atoms with van der Waals surface area (Å²) in [6, 6.07) is -0.0183. The third kappa shape index (κ3) is 2.21. The Balaban J connectivity index is 2.02. The quantitative estimate of drug-likeness (QED) is 0.790. The predicted octanol–water partition coefficient (Wildman–Crippen LogP) is 0.528. The fraction of sp³-hybridized carbons (Fsp3) is 0.444. The summed E-state index contributed by atoms with van der Waals surface area (Å²) in [4.78, 5) is 8.01. The van der Waals surface area contributed by atoms with E-state index in [4.69, 9.17) is 10.3 Å². The molecule has 0 spiro atoms. The molecule has 0 radical (unpaired) electrons. The van der Waals surface area contributed by atoms with E-state index in [0.717, 1.165) is 12.2 Å². The van der Waals surface area contributed by atoms with Crippen LogP contribution in [0.2, 0.25) is 0 Å². The molecule has 0 saturated heterocycles. The molecule has 2 N–H and O–H groups in total. The maximum atomic E-state index is 5.80. The molecule has 0 aliphatic carbocycles. The van der Waals surface area contributed by atoms with Crippen molar-refractivity contribution in [2.45, 2.75) is 25.9 Å². The van der Waals surface area contributed by atoms with Gasteiger partial charge in [0.15, 0.2) is 6.33 Å². The number of imidazole rings is 1. The van der Waals surface area contributed by atoms with Crippen molar-refractivity contribution in [3.63, 3.8) is 0 Å². The summed E-state index contributed by atoms with van der Waals surface area (Å²) in [7, 11) is 0. The van der Waals surface area contributed by atoms with Gasteiger partial charge in [-0.05, 0) is 6.92 Å². The zero-order valence-electron chi connectivity index (χ0n) is 8.50. The fourth-order valence-electron chi connectivity index (χ4n) is 1.42. The van der Waals surface area contributed by atoms with Gasteiger partial charge in [0.1, 0.15) is 0 Å². The van der Waals surface area contributed by atoms with Gasteiger partial charge in [0.25, 0.3) is 0 Å². The Kier molecular flexibility index (Phi) is 2.77. The van der Waals surface area contributed by atoms with Crippen molar-refractivity contribution in [1.29, 1.82) is 0 Å². The van der Waals surface area contributed by atoms with Gasteiger partial charge in [-0.25, -0.2) is 4.98 Å². The lowest BCUT2D eigenvalue weighted by molar-refractivity contribution is 0.369. The molecule has 0 aliphatic heterocycles. The minimum Gasteiger partial charge on any atom is -0.340 e. The molecule has 80 valence electrons. The molecule has 2 aromatic heterocycles. The van der Waals surface area contributed by atoms with Crippen LogP contribution >= 0.6 is 0 Å². The highest BCUT2D eigenvalue weighted by atomic mass is 16.5. The first-order valence-corrected chi connectivity index (χ1v) is 4.78. The lowest BCUT2D eigenvalue weighted by Crippen LogP contribution is -2.12. The van der Waals surface area contributed by atoms with E-state index in [-0.39, 0.29) is 6.04 Å². The van der Waals surface area contributed by atoms with Gasteiger partial charge in [0, 0.05) is 25.2 Å². The fourth-order valence-corrected chi connectivity index (χ4v) is 1.42. The number of nitrogens with zero attached hydrogens (tertiary/aromatic N) is 4. The number of aryl methyl sites for hydroxylation is 2. The van der Waals surface area contributed by atoms with Crippen LogP contribution in [-0.4, -0.2) is 19.7 Å². The Hall–Kier alpha value is -1.69. The number of aromatic nitrogens is 4. The van der Waals surface area contributed by atoms with Gasteiger partial charge in [0.05, 0.1) is 12.0 Å². The van der Waals surface area contributed by atoms with Gasteiger partial charge in [0.2, 0.25) is 5.89 Å². The van der Waals surface area contributed by atoms with Crippen LogP contribution in [0, 0.1) is 0 Å². The molecule has 0 saturated carbocycles. The first-order chi connectivity index (χ1) is 7.27. The lowest BCUT2D eigenvalue weighted by atomic mass is 10.2. The summed E-state index contributed by atoms with van der Waals surface area (Å²) in [5.74, 6) is 0.624. The van der Waals surface area contributed by atoms with Crippen molar-refractivity contribution >= 4 is 0 Å². The molecule has 1 atom stereocenters. The third-order valence-corrected chi connectivity index (χ3v) is 2.18. The molecule has 15 heavy (non-hydrogen) atoms. The average molecular weight is 207 g/mol. The Labute approximate surface area is 87.1 Å². The van der Waals surface area contributed by atoms with Gasteiger partial charge in [-0.1, -0.05) is 5.16 Å². The zero-order chi connectivity index (χ0) is 10.7. The Morgan fingerprint density at radius 3 is 3.13 bits per heavy atom. The molecule has 6 heteroatoms. The Morgan fingerprint density at radius 2 is 2.47 bits per heavy atom. The van der Waals surface area contributed by atoms with E-state index in [9.17, 15) is 0 Å². The minimum atomic E-state index is -0.0183. The standard InChI is InChI=1S/C9H13N5O/c1-7(10)8-4-11-6-14(8)3-2-9-12-5-13-15-9/h4-7H,2-3,10H2,1H3/t7-/m0/s1. The van der Waals surface area contributed by atoms with E-state index in [0.29, 0.717) is 12.3 Å². The summed E-state index contributed by atoms with van der Waals surface area (Å²) in [5, 5.41) is 3.54. The highest BCUT2D eigenvalue weighted by Gasteiger charge is 2.07. The van der Waals surface area contributed by atoms with Crippen LogP contribution in [0.25, 0.3) is 0 Å². The number of hydrogen-bond donors (Lipinski definition) is 1. The first kappa shape index (κ1) is 9.85. The average Bonchev–Trinajstić information content (AvgIpc) is 2.86. The molecule has 6 nitrogen and oxygen atoms in total. The van der Waals surface area contributed by atoms with E-state index in [1.165, 1.54) is 6.33 Å². The molecule has 0 unspecified atom stereocenters. The Morgan fingerprint density at radius 1 is 1.60 bits per heavy atom. The van der Waals surface area contributed by atoms with Crippen molar-refractivity contribution in [2.24, 2.45) is 5.73 Å². The monoisotopic (exact) mass is 207 g/mol. The van der Waals surface area contributed by atoms with E-state index in [1.54, 1.807) is 12.5 Å². The molecule has 2 aromatic rings. The highest BCUT2D eigenvalue weighted by molar-refractivity contribution is 5.03. The van der Waals surface area contributed by atoms with Crippen LogP contribution in [0.3, 0.4) is 0 Å². The number of rotatable bonds is 4. The largest absolute Gasteiger partial charge is 0.340 e. The maximum Gasteiger partial charge on any atom is 0.228 e. The molecular formula is C9H13N5O. The van der Waals surface area contributed by atoms with Crippen molar-refractivity contribution in [2.75, 3.05) is 0 Å². The van der Waals surface area contributed by atoms with Gasteiger partial charge in [-0.3, -0.25) is 0 Å². The minimum absolute atomic E-state index is 0.0183. The van der Waals surface area contributed by atoms with Crippen molar-refractivity contribution < 1.29 is 4.52 Å². The van der Waals surface area contributed by atoms with Crippen LogP contribution in [0.15, 0.2) is 23.4 Å². The van der Waals surface area contributed by atoms with E-state index < -0.39 is 0 Å². The zero-order valence-corrected chi connectivity index (χ0v) is 8.50. The SMILES string of the molecule is C[C@H](N)c1cncn1CCc1ncno1. The molecule has 0 amide bonds. The predicted molar refractivity (Wildman–Crippen MR) is 52.8 cm³/mol. The summed E-state index contributed by atoms with van der Waals surface area (Å²) >= 11 is 0. The van der Waals surface area contributed by atoms with Crippen LogP contribution in [-0.2, 0) is 13.0 Å². The topological polar surface area (TPSA) is 82.8 Å². The maximum absolute atomic E-state index is 5.80. The molecular weight excluding hydrogens is 194 g/mol. The van der Waals surface area contributed by atoms with Crippen LogP contribution in [0.1, 0.15) is 24.6 Å². The molecule has 0 bridgehead atoms. The van der Waals surface area contributed by atoms with E-state index >= 15 is 0 Å². The van der Waals surface area contributed by atoms with Gasteiger partial charge in [-0.15, -0.1) is 0 Å². The highest BCUT2D eigenvalue weighted by Crippen LogP contribution is 2.09. The van der Waals surface area contributed by atoms with Crippen LogP contribution < -0.4 is 5.73 Å². The van der Waals surface area contributed by atoms with E-state index in [1.807, 2.05) is 11.5 Å². The smallest absolute Gasteiger partial charge is 0.228 e. The van der Waals surface area contributed by atoms with E-state index in [2.05, 4.69) is 15.1 Å². The van der Waals surface area contributed by atoms with Crippen molar-refractivity contribution in [3.05, 3.63) is 30.4 Å². The van der Waals surface area contributed by atoms with Gasteiger partial charge >= 0.3 is 0 Å². The first-order valence-electron chi connectivity index (χ1n) is 4.78. The summed E-state index contributed by atoms with van der Waals surface area (Å²) in [5.41, 5.74) is 6.80. The molecule has 0 aromatic carbocycles. The summed E-state index contributed by atoms with van der Waals surface area (Å²) in [6.07, 6.45) is 5.62. The van der Waals surface area contributed by atoms with Gasteiger partial charge < -0.3 is 14.8 Å². The third-order valence-electron chi connectivity index (χ3n) is 2.18. The molecule has 0 fully saturated rings. The molecule has 2 heterocycles. The van der Waals surface area contributed by atoms with Crippen molar-refractivity contribution in [1.82, 2.24) is 19.7 Å². The summed E-state index contributed by atoms with van der Waals surface area (Å²) < 4.78 is 6.90. The number of hydrogen-bond acceptors (Lipinski definition) is 5. The second kappa shape index (κ2) is 4.22.